The van der Waals surface area contributed by atoms with E-state index in [1.165, 1.54) is 17.7 Å². The molecule has 1 nitrogen and oxygen atoms in total. The summed E-state index contributed by atoms with van der Waals surface area (Å²) in [5.74, 6) is -1.57. The van der Waals surface area contributed by atoms with Gasteiger partial charge in [0.05, 0.1) is 0 Å². The third-order valence-electron chi connectivity index (χ3n) is 3.36. The fraction of sp³-hybridized carbons (Fsp3) is 0.294. The Morgan fingerprint density at radius 2 is 1.75 bits per heavy atom. The van der Waals surface area contributed by atoms with Gasteiger partial charge in [0, 0.05) is 6.04 Å². The van der Waals surface area contributed by atoms with Crippen LogP contribution in [0.15, 0.2) is 48.5 Å². The Morgan fingerprint density at radius 3 is 2.40 bits per heavy atom. The van der Waals surface area contributed by atoms with E-state index in [0.717, 1.165) is 18.5 Å². The number of aryl methyl sites for hydroxylation is 1. The van der Waals surface area contributed by atoms with Crippen molar-refractivity contribution in [1.29, 1.82) is 0 Å². The van der Waals surface area contributed by atoms with Crippen LogP contribution in [0.4, 0.5) is 8.78 Å². The maximum absolute atomic E-state index is 13.2. The zero-order valence-electron chi connectivity index (χ0n) is 11.6. The molecule has 2 rings (SSSR count). The minimum absolute atomic E-state index is 0.231. The SMILES string of the molecule is CCNC(CCc1ccc(F)c(F)c1)c1ccccc1. The molecule has 2 aromatic carbocycles. The third kappa shape index (κ3) is 3.87. The van der Waals surface area contributed by atoms with Crippen molar-refractivity contribution >= 4 is 0 Å². The highest BCUT2D eigenvalue weighted by atomic mass is 19.2. The average molecular weight is 275 g/mol. The lowest BCUT2D eigenvalue weighted by atomic mass is 9.99. The second kappa shape index (κ2) is 7.15. The van der Waals surface area contributed by atoms with E-state index in [1.54, 1.807) is 6.07 Å². The van der Waals surface area contributed by atoms with Gasteiger partial charge in [-0.3, -0.25) is 0 Å². The van der Waals surface area contributed by atoms with Gasteiger partial charge in [0.2, 0.25) is 0 Å². The van der Waals surface area contributed by atoms with Crippen LogP contribution < -0.4 is 5.32 Å². The van der Waals surface area contributed by atoms with Gasteiger partial charge in [-0.05, 0) is 42.6 Å². The first kappa shape index (κ1) is 14.7. The molecule has 0 aromatic heterocycles. The van der Waals surface area contributed by atoms with E-state index in [-0.39, 0.29) is 6.04 Å². The van der Waals surface area contributed by atoms with E-state index in [0.29, 0.717) is 6.42 Å². The lowest BCUT2D eigenvalue weighted by Gasteiger charge is -2.18. The highest BCUT2D eigenvalue weighted by molar-refractivity contribution is 5.21. The molecule has 0 heterocycles. The van der Waals surface area contributed by atoms with Crippen LogP contribution in [0.25, 0.3) is 0 Å². The molecule has 0 spiro atoms. The van der Waals surface area contributed by atoms with E-state index in [1.807, 2.05) is 18.2 Å². The Kier molecular flexibility index (Phi) is 5.24. The summed E-state index contributed by atoms with van der Waals surface area (Å²) >= 11 is 0. The van der Waals surface area contributed by atoms with Crippen LogP contribution in [0.1, 0.15) is 30.5 Å². The minimum atomic E-state index is -0.792. The van der Waals surface area contributed by atoms with Crippen molar-refractivity contribution in [1.82, 2.24) is 5.32 Å². The van der Waals surface area contributed by atoms with Crippen LogP contribution in [0, 0.1) is 11.6 Å². The molecule has 0 bridgehead atoms. The van der Waals surface area contributed by atoms with Gasteiger partial charge in [0.1, 0.15) is 0 Å². The summed E-state index contributed by atoms with van der Waals surface area (Å²) in [5, 5.41) is 3.43. The maximum Gasteiger partial charge on any atom is 0.159 e. The first-order valence-corrected chi connectivity index (χ1v) is 6.93. The molecule has 0 aliphatic carbocycles. The topological polar surface area (TPSA) is 12.0 Å². The molecule has 106 valence electrons. The molecular weight excluding hydrogens is 256 g/mol. The third-order valence-corrected chi connectivity index (χ3v) is 3.36. The Labute approximate surface area is 118 Å². The Morgan fingerprint density at radius 1 is 1.00 bits per heavy atom. The molecule has 0 aliphatic heterocycles. The van der Waals surface area contributed by atoms with E-state index >= 15 is 0 Å². The first-order valence-electron chi connectivity index (χ1n) is 6.93. The highest BCUT2D eigenvalue weighted by Crippen LogP contribution is 2.20. The summed E-state index contributed by atoms with van der Waals surface area (Å²) in [4.78, 5) is 0. The van der Waals surface area contributed by atoms with Gasteiger partial charge < -0.3 is 5.32 Å². The number of hydrogen-bond acceptors (Lipinski definition) is 1. The second-order valence-electron chi connectivity index (χ2n) is 4.81. The van der Waals surface area contributed by atoms with Crippen LogP contribution in [0.2, 0.25) is 0 Å². The molecule has 2 aromatic rings. The smallest absolute Gasteiger partial charge is 0.159 e. The molecule has 0 radical (unpaired) electrons. The highest BCUT2D eigenvalue weighted by Gasteiger charge is 2.10. The molecule has 1 unspecified atom stereocenters. The quantitative estimate of drug-likeness (QED) is 0.831. The van der Waals surface area contributed by atoms with Crippen molar-refractivity contribution in [3.63, 3.8) is 0 Å². The molecule has 1 N–H and O–H groups in total. The summed E-state index contributed by atoms with van der Waals surface area (Å²) in [5.41, 5.74) is 2.04. The fourth-order valence-corrected chi connectivity index (χ4v) is 2.32. The number of rotatable bonds is 6. The van der Waals surface area contributed by atoms with E-state index in [9.17, 15) is 8.78 Å². The number of benzene rings is 2. The van der Waals surface area contributed by atoms with Crippen molar-refractivity contribution in [2.45, 2.75) is 25.8 Å². The maximum atomic E-state index is 13.2. The predicted octanol–water partition coefficient (Wildman–Crippen LogP) is 4.25. The lowest BCUT2D eigenvalue weighted by Crippen LogP contribution is -2.21. The molecule has 20 heavy (non-hydrogen) atoms. The molecule has 0 saturated carbocycles. The van der Waals surface area contributed by atoms with Crippen LogP contribution >= 0.6 is 0 Å². The summed E-state index contributed by atoms with van der Waals surface area (Å²) in [6, 6.07) is 14.5. The van der Waals surface area contributed by atoms with Crippen molar-refractivity contribution in [3.8, 4) is 0 Å². The largest absolute Gasteiger partial charge is 0.310 e. The molecule has 3 heteroatoms. The van der Waals surface area contributed by atoms with Gasteiger partial charge in [-0.15, -0.1) is 0 Å². The van der Waals surface area contributed by atoms with Crippen molar-refractivity contribution in [2.75, 3.05) is 6.54 Å². The minimum Gasteiger partial charge on any atom is -0.310 e. The van der Waals surface area contributed by atoms with Crippen LogP contribution in [-0.2, 0) is 6.42 Å². The zero-order chi connectivity index (χ0) is 14.4. The molecule has 0 amide bonds. The van der Waals surface area contributed by atoms with Gasteiger partial charge in [-0.1, -0.05) is 43.3 Å². The Bertz CT molecular complexity index is 540. The zero-order valence-corrected chi connectivity index (χ0v) is 11.6. The van der Waals surface area contributed by atoms with E-state index in [4.69, 9.17) is 0 Å². The Balaban J connectivity index is 2.03. The number of nitrogens with one attached hydrogen (secondary N) is 1. The van der Waals surface area contributed by atoms with Gasteiger partial charge in [0.15, 0.2) is 11.6 Å². The van der Waals surface area contributed by atoms with Gasteiger partial charge in [0.25, 0.3) is 0 Å². The predicted molar refractivity (Wildman–Crippen MR) is 77.5 cm³/mol. The van der Waals surface area contributed by atoms with Crippen molar-refractivity contribution < 1.29 is 8.78 Å². The van der Waals surface area contributed by atoms with Gasteiger partial charge in [-0.2, -0.15) is 0 Å². The number of halogens is 2. The molecule has 0 saturated heterocycles. The summed E-state index contributed by atoms with van der Waals surface area (Å²) in [6.07, 6.45) is 1.56. The van der Waals surface area contributed by atoms with Crippen molar-refractivity contribution in [2.24, 2.45) is 0 Å². The first-order chi connectivity index (χ1) is 9.70. The van der Waals surface area contributed by atoms with Crippen molar-refractivity contribution in [3.05, 3.63) is 71.3 Å². The summed E-state index contributed by atoms with van der Waals surface area (Å²) in [7, 11) is 0. The van der Waals surface area contributed by atoms with Gasteiger partial charge >= 0.3 is 0 Å². The molecule has 0 aliphatic rings. The molecule has 0 fully saturated rings. The van der Waals surface area contributed by atoms with E-state index in [2.05, 4.69) is 24.4 Å². The Hall–Kier alpha value is -1.74. The summed E-state index contributed by atoms with van der Waals surface area (Å²) in [6.45, 7) is 2.94. The standard InChI is InChI=1S/C17H19F2N/c1-2-20-17(14-6-4-3-5-7-14)11-9-13-8-10-15(18)16(19)12-13/h3-8,10,12,17,20H,2,9,11H2,1H3. The summed E-state index contributed by atoms with van der Waals surface area (Å²) < 4.78 is 26.1. The normalized spacial score (nSPS) is 12.3. The second-order valence-corrected chi connectivity index (χ2v) is 4.81. The monoisotopic (exact) mass is 275 g/mol. The van der Waals surface area contributed by atoms with Gasteiger partial charge in [-0.25, -0.2) is 8.78 Å². The molecule has 1 atom stereocenters. The molecular formula is C17H19F2N. The number of hydrogen-bond donors (Lipinski definition) is 1. The van der Waals surface area contributed by atoms with Crippen LogP contribution in [0.3, 0.4) is 0 Å². The lowest BCUT2D eigenvalue weighted by molar-refractivity contribution is 0.499. The van der Waals surface area contributed by atoms with E-state index < -0.39 is 11.6 Å². The van der Waals surface area contributed by atoms with Crippen LogP contribution in [0.5, 0.6) is 0 Å². The fourth-order valence-electron chi connectivity index (χ4n) is 2.32. The van der Waals surface area contributed by atoms with Crippen LogP contribution in [-0.4, -0.2) is 6.54 Å². The average Bonchev–Trinajstić information content (AvgIpc) is 2.48.